The van der Waals surface area contributed by atoms with Crippen LogP contribution in [0.1, 0.15) is 11.1 Å². The third kappa shape index (κ3) is 1.83. The quantitative estimate of drug-likeness (QED) is 0.796. The molecule has 12 heavy (non-hydrogen) atoms. The van der Waals surface area contributed by atoms with Crippen LogP contribution in [0.5, 0.6) is 0 Å². The van der Waals surface area contributed by atoms with Crippen LogP contribution in [0, 0.1) is 12.7 Å². The third-order valence-corrected chi connectivity index (χ3v) is 2.52. The molecule has 0 radical (unpaired) electrons. The highest BCUT2D eigenvalue weighted by molar-refractivity contribution is 9.10. The fraction of sp³-hybridized carbons (Fsp3) is 0.250. The lowest BCUT2D eigenvalue weighted by atomic mass is 10.1. The Bertz CT molecular complexity index is 291. The second-order valence-corrected chi connectivity index (χ2v) is 3.26. The Morgan fingerprint density at radius 1 is 1.58 bits per heavy atom. The van der Waals surface area contributed by atoms with Gasteiger partial charge in [0.1, 0.15) is 5.82 Å². The molecular weight excluding hydrogens is 225 g/mol. The zero-order valence-electron chi connectivity index (χ0n) is 6.60. The average Bonchev–Trinajstić information content (AvgIpc) is 2.06. The Morgan fingerprint density at radius 3 is 2.83 bits per heavy atom. The summed E-state index contributed by atoms with van der Waals surface area (Å²) < 4.78 is 13.4. The molecule has 66 valence electrons. The predicted molar refractivity (Wildman–Crippen MR) is 47.8 cm³/mol. The molecule has 0 saturated carbocycles. The molecule has 0 amide bonds. The van der Waals surface area contributed by atoms with Crippen molar-refractivity contribution in [1.82, 2.24) is 0 Å². The van der Waals surface area contributed by atoms with Gasteiger partial charge in [-0.05, 0) is 40.0 Å². The van der Waals surface area contributed by atoms with Crippen molar-refractivity contribution >= 4 is 15.9 Å². The molecule has 2 nitrogen and oxygen atoms in total. The Morgan fingerprint density at radius 2 is 2.25 bits per heavy atom. The lowest BCUT2D eigenvalue weighted by molar-refractivity contribution is 0.123. The molecule has 0 spiro atoms. The maximum absolute atomic E-state index is 12.9. The highest BCUT2D eigenvalue weighted by Crippen LogP contribution is 2.23. The van der Waals surface area contributed by atoms with Crippen LogP contribution in [-0.2, 0) is 11.4 Å². The van der Waals surface area contributed by atoms with Crippen LogP contribution in [-0.4, -0.2) is 0 Å². The first-order valence-electron chi connectivity index (χ1n) is 3.42. The fourth-order valence-corrected chi connectivity index (χ4v) is 1.51. The highest BCUT2D eigenvalue weighted by atomic mass is 79.9. The molecule has 0 fully saturated rings. The van der Waals surface area contributed by atoms with Gasteiger partial charge in [-0.3, -0.25) is 4.84 Å². The van der Waals surface area contributed by atoms with E-state index in [1.165, 1.54) is 6.07 Å². The molecule has 0 aliphatic heterocycles. The van der Waals surface area contributed by atoms with Gasteiger partial charge in [0.05, 0.1) is 11.1 Å². The van der Waals surface area contributed by atoms with Gasteiger partial charge < -0.3 is 0 Å². The monoisotopic (exact) mass is 233 g/mol. The van der Waals surface area contributed by atoms with Crippen molar-refractivity contribution < 1.29 is 9.23 Å². The van der Waals surface area contributed by atoms with E-state index < -0.39 is 0 Å². The van der Waals surface area contributed by atoms with Crippen LogP contribution >= 0.6 is 15.9 Å². The minimum absolute atomic E-state index is 0.212. The molecule has 1 rings (SSSR count). The predicted octanol–water partition coefficient (Wildman–Crippen LogP) is 2.29. The van der Waals surface area contributed by atoms with Crippen LogP contribution in [0.3, 0.4) is 0 Å². The highest BCUT2D eigenvalue weighted by Gasteiger charge is 2.07. The number of rotatable bonds is 2. The molecule has 0 aliphatic rings. The summed E-state index contributed by atoms with van der Waals surface area (Å²) in [4.78, 5) is 4.45. The van der Waals surface area contributed by atoms with Gasteiger partial charge in [0, 0.05) is 0 Å². The molecule has 1 aromatic rings. The standard InChI is InChI=1S/C8H9BrFNO/c1-5-2-3-7(10)8(9)6(5)4-12-11/h2-3H,4,11H2,1H3. The zero-order valence-corrected chi connectivity index (χ0v) is 8.19. The van der Waals surface area contributed by atoms with Crippen molar-refractivity contribution in [2.75, 3.05) is 0 Å². The molecule has 0 atom stereocenters. The molecule has 1 aromatic carbocycles. The summed E-state index contributed by atoms with van der Waals surface area (Å²) in [6, 6.07) is 3.09. The summed E-state index contributed by atoms with van der Waals surface area (Å²) in [5.74, 6) is 4.61. The summed E-state index contributed by atoms with van der Waals surface area (Å²) in [5.41, 5.74) is 1.70. The van der Waals surface area contributed by atoms with Crippen molar-refractivity contribution in [3.8, 4) is 0 Å². The van der Waals surface area contributed by atoms with Crippen molar-refractivity contribution in [2.45, 2.75) is 13.5 Å². The Balaban J connectivity index is 3.14. The number of nitrogens with two attached hydrogens (primary N) is 1. The molecule has 4 heteroatoms. The Kier molecular flexibility index (Phi) is 3.20. The molecule has 0 saturated heterocycles. The molecule has 2 N–H and O–H groups in total. The Labute approximate surface area is 78.6 Å². The molecule has 0 heterocycles. The number of benzene rings is 1. The fourth-order valence-electron chi connectivity index (χ4n) is 0.950. The van der Waals surface area contributed by atoms with Gasteiger partial charge in [0.25, 0.3) is 0 Å². The van der Waals surface area contributed by atoms with Gasteiger partial charge in [-0.2, -0.15) is 0 Å². The van der Waals surface area contributed by atoms with Crippen molar-refractivity contribution in [2.24, 2.45) is 5.90 Å². The van der Waals surface area contributed by atoms with Gasteiger partial charge in [-0.25, -0.2) is 10.3 Å². The lowest BCUT2D eigenvalue weighted by Crippen LogP contribution is -2.02. The van der Waals surface area contributed by atoms with Crippen LogP contribution in [0.15, 0.2) is 16.6 Å². The largest absolute Gasteiger partial charge is 0.300 e. The smallest absolute Gasteiger partial charge is 0.137 e. The minimum Gasteiger partial charge on any atom is -0.300 e. The SMILES string of the molecule is Cc1ccc(F)c(Br)c1CON. The van der Waals surface area contributed by atoms with Gasteiger partial charge >= 0.3 is 0 Å². The first kappa shape index (κ1) is 9.64. The number of halogens is 2. The van der Waals surface area contributed by atoms with E-state index in [1.54, 1.807) is 6.07 Å². The van der Waals surface area contributed by atoms with E-state index >= 15 is 0 Å². The summed E-state index contributed by atoms with van der Waals surface area (Å²) in [6.07, 6.45) is 0. The first-order valence-corrected chi connectivity index (χ1v) is 4.21. The van der Waals surface area contributed by atoms with E-state index in [0.29, 0.717) is 4.47 Å². The van der Waals surface area contributed by atoms with Gasteiger partial charge in [-0.1, -0.05) is 6.07 Å². The van der Waals surface area contributed by atoms with Crippen LogP contribution < -0.4 is 5.90 Å². The van der Waals surface area contributed by atoms with Gasteiger partial charge in [0.2, 0.25) is 0 Å². The van der Waals surface area contributed by atoms with E-state index in [1.807, 2.05) is 6.92 Å². The summed E-state index contributed by atoms with van der Waals surface area (Å²) in [5, 5.41) is 0. The normalized spacial score (nSPS) is 10.3. The molecule has 0 aliphatic carbocycles. The maximum atomic E-state index is 12.9. The number of hydrogen-bond donors (Lipinski definition) is 1. The lowest BCUT2D eigenvalue weighted by Gasteiger charge is -2.06. The molecule has 0 aromatic heterocycles. The first-order chi connectivity index (χ1) is 5.66. The van der Waals surface area contributed by atoms with E-state index in [4.69, 9.17) is 5.90 Å². The average molecular weight is 234 g/mol. The number of aryl methyl sites for hydroxylation is 1. The zero-order chi connectivity index (χ0) is 9.14. The molecule has 0 bridgehead atoms. The van der Waals surface area contributed by atoms with E-state index in [-0.39, 0.29) is 12.4 Å². The number of hydrogen-bond acceptors (Lipinski definition) is 2. The van der Waals surface area contributed by atoms with Crippen molar-refractivity contribution in [1.29, 1.82) is 0 Å². The van der Waals surface area contributed by atoms with E-state index in [0.717, 1.165) is 11.1 Å². The maximum Gasteiger partial charge on any atom is 0.137 e. The summed E-state index contributed by atoms with van der Waals surface area (Å²) in [6.45, 7) is 2.09. The summed E-state index contributed by atoms with van der Waals surface area (Å²) in [7, 11) is 0. The van der Waals surface area contributed by atoms with Crippen LogP contribution in [0.4, 0.5) is 4.39 Å². The summed E-state index contributed by atoms with van der Waals surface area (Å²) >= 11 is 3.12. The third-order valence-electron chi connectivity index (χ3n) is 1.66. The molecule has 0 unspecified atom stereocenters. The van der Waals surface area contributed by atoms with Crippen molar-refractivity contribution in [3.05, 3.63) is 33.5 Å². The second kappa shape index (κ2) is 3.98. The van der Waals surface area contributed by atoms with Crippen LogP contribution in [0.2, 0.25) is 0 Å². The van der Waals surface area contributed by atoms with Crippen molar-refractivity contribution in [3.63, 3.8) is 0 Å². The van der Waals surface area contributed by atoms with E-state index in [9.17, 15) is 4.39 Å². The van der Waals surface area contributed by atoms with Gasteiger partial charge in [0.15, 0.2) is 0 Å². The second-order valence-electron chi connectivity index (χ2n) is 2.47. The van der Waals surface area contributed by atoms with E-state index in [2.05, 4.69) is 20.8 Å². The van der Waals surface area contributed by atoms with Gasteiger partial charge in [-0.15, -0.1) is 0 Å². The molecular formula is C8H9BrFNO. The Hall–Kier alpha value is -0.450. The minimum atomic E-state index is -0.298. The van der Waals surface area contributed by atoms with Crippen LogP contribution in [0.25, 0.3) is 0 Å². The topological polar surface area (TPSA) is 35.2 Å².